The summed E-state index contributed by atoms with van der Waals surface area (Å²) in [7, 11) is 0. The summed E-state index contributed by atoms with van der Waals surface area (Å²) in [4.78, 5) is 22.2. The predicted molar refractivity (Wildman–Crippen MR) is 94.5 cm³/mol. The number of benzene rings is 1. The van der Waals surface area contributed by atoms with Gasteiger partial charge in [0, 0.05) is 10.5 Å². The molecule has 0 unspecified atom stereocenters. The van der Waals surface area contributed by atoms with Gasteiger partial charge in [-0.15, -0.1) is 0 Å². The van der Waals surface area contributed by atoms with Gasteiger partial charge in [-0.3, -0.25) is 4.79 Å². The van der Waals surface area contributed by atoms with Crippen LogP contribution in [0.4, 0.5) is 10.1 Å². The first kappa shape index (κ1) is 20.8. The van der Waals surface area contributed by atoms with Gasteiger partial charge in [0.05, 0.1) is 11.3 Å². The van der Waals surface area contributed by atoms with Crippen molar-refractivity contribution >= 4 is 33.5 Å². The van der Waals surface area contributed by atoms with Crippen LogP contribution in [0.15, 0.2) is 59.1 Å². The number of carbonyl (C=O) groups excluding carboxylic acids is 1. The minimum absolute atomic E-state index is 0.0404. The van der Waals surface area contributed by atoms with Crippen molar-refractivity contribution in [3.8, 4) is 0 Å². The van der Waals surface area contributed by atoms with E-state index < -0.39 is 18.6 Å². The molecular formula is C17H19BrFNO3. The zero-order chi connectivity index (χ0) is 17.8. The Morgan fingerprint density at radius 2 is 2.04 bits per heavy atom. The quantitative estimate of drug-likeness (QED) is 0.569. The Morgan fingerprint density at radius 3 is 2.48 bits per heavy atom. The van der Waals surface area contributed by atoms with E-state index in [0.29, 0.717) is 4.47 Å². The number of allylic oxidation sites excluding steroid dienone is 4. The van der Waals surface area contributed by atoms with Crippen molar-refractivity contribution in [1.82, 2.24) is 0 Å². The Labute approximate surface area is 143 Å². The Hall–Kier alpha value is -2.21. The third-order valence-corrected chi connectivity index (χ3v) is 2.77. The molecule has 0 aliphatic rings. The van der Waals surface area contributed by atoms with Crippen molar-refractivity contribution < 1.29 is 19.1 Å². The first-order valence-electron chi connectivity index (χ1n) is 6.64. The molecule has 0 saturated heterocycles. The van der Waals surface area contributed by atoms with Crippen molar-refractivity contribution in [2.75, 3.05) is 12.0 Å². The van der Waals surface area contributed by atoms with Crippen LogP contribution in [0.2, 0.25) is 0 Å². The fourth-order valence-electron chi connectivity index (χ4n) is 1.36. The van der Waals surface area contributed by atoms with Gasteiger partial charge in [-0.05, 0) is 38.1 Å². The van der Waals surface area contributed by atoms with Crippen molar-refractivity contribution in [3.63, 3.8) is 0 Å². The molecule has 4 nitrogen and oxygen atoms in total. The molecule has 0 radical (unpaired) electrons. The van der Waals surface area contributed by atoms with E-state index in [1.807, 2.05) is 19.9 Å². The third-order valence-electron chi connectivity index (χ3n) is 2.28. The second kappa shape index (κ2) is 11.4. The highest BCUT2D eigenvalue weighted by Gasteiger charge is 2.11. The van der Waals surface area contributed by atoms with E-state index in [1.165, 1.54) is 17.7 Å². The minimum Gasteiger partial charge on any atom is -0.478 e. The van der Waals surface area contributed by atoms with E-state index in [0.717, 1.165) is 12.2 Å². The summed E-state index contributed by atoms with van der Waals surface area (Å²) < 4.78 is 12.4. The molecule has 0 saturated carbocycles. The summed E-state index contributed by atoms with van der Waals surface area (Å²) in [6.45, 7) is 6.86. The third kappa shape index (κ3) is 9.42. The van der Waals surface area contributed by atoms with Crippen molar-refractivity contribution in [2.24, 2.45) is 0 Å². The molecule has 23 heavy (non-hydrogen) atoms. The maximum Gasteiger partial charge on any atom is 0.337 e. The van der Waals surface area contributed by atoms with Crippen LogP contribution >= 0.6 is 15.9 Å². The topological polar surface area (TPSA) is 66.4 Å². The Bertz CT molecular complexity index is 620. The van der Waals surface area contributed by atoms with Crippen LogP contribution in [-0.2, 0) is 4.79 Å². The summed E-state index contributed by atoms with van der Waals surface area (Å²) in [5.41, 5.74) is 1.42. The number of nitrogens with one attached hydrogen (secondary N) is 1. The predicted octanol–water partition coefficient (Wildman–Crippen LogP) is 4.75. The van der Waals surface area contributed by atoms with Crippen LogP contribution in [0.1, 0.15) is 24.2 Å². The van der Waals surface area contributed by atoms with E-state index in [9.17, 15) is 14.0 Å². The number of amides is 1. The number of carboxylic acids is 1. The largest absolute Gasteiger partial charge is 0.478 e. The van der Waals surface area contributed by atoms with Gasteiger partial charge >= 0.3 is 5.97 Å². The number of halogens is 2. The van der Waals surface area contributed by atoms with Crippen molar-refractivity contribution in [2.45, 2.75) is 13.8 Å². The smallest absolute Gasteiger partial charge is 0.337 e. The average molecular weight is 384 g/mol. The number of hydrogen-bond acceptors (Lipinski definition) is 2. The van der Waals surface area contributed by atoms with E-state index in [-0.39, 0.29) is 11.3 Å². The highest BCUT2D eigenvalue weighted by Crippen LogP contribution is 2.21. The molecule has 1 rings (SSSR count). The first-order valence-corrected chi connectivity index (χ1v) is 7.43. The lowest BCUT2D eigenvalue weighted by atomic mass is 10.2. The molecule has 124 valence electrons. The molecule has 2 N–H and O–H groups in total. The van der Waals surface area contributed by atoms with E-state index in [2.05, 4.69) is 27.8 Å². The molecule has 0 aromatic heterocycles. The van der Waals surface area contributed by atoms with Crippen LogP contribution < -0.4 is 5.32 Å². The van der Waals surface area contributed by atoms with Crippen LogP contribution in [0.3, 0.4) is 0 Å². The lowest BCUT2D eigenvalue weighted by molar-refractivity contribution is -0.111. The van der Waals surface area contributed by atoms with Crippen molar-refractivity contribution in [3.05, 3.63) is 64.7 Å². The summed E-state index contributed by atoms with van der Waals surface area (Å²) in [5.74, 6) is -1.73. The molecule has 0 bridgehead atoms. The number of anilines is 1. The summed E-state index contributed by atoms with van der Waals surface area (Å²) in [6.07, 6.45) is 5.80. The Balaban J connectivity index is 0.000000688. The Kier molecular flexibility index (Phi) is 10.3. The standard InChI is InChI=1S/C11H9BrFNO3.C6H10/c12-7-3-4-9(8(6-7)11(16)17)14-10(15)2-1-5-13;1-4-5-6(2)3/h1-4,6H,5H2,(H,14,15)(H,16,17);4-5H,1H2,2-3H3/b2-1+;. The number of rotatable bonds is 5. The van der Waals surface area contributed by atoms with Crippen LogP contribution in [0.25, 0.3) is 0 Å². The molecule has 0 aliphatic heterocycles. The first-order chi connectivity index (χ1) is 10.8. The molecule has 1 amide bonds. The van der Waals surface area contributed by atoms with Gasteiger partial charge in [-0.1, -0.05) is 40.2 Å². The van der Waals surface area contributed by atoms with Crippen LogP contribution in [-0.4, -0.2) is 23.7 Å². The molecule has 0 atom stereocenters. The molecule has 0 aliphatic carbocycles. The molecule has 1 aromatic rings. The fourth-order valence-corrected chi connectivity index (χ4v) is 1.73. The normalized spacial score (nSPS) is 9.57. The van der Waals surface area contributed by atoms with Gasteiger partial charge in [0.15, 0.2) is 0 Å². The highest BCUT2D eigenvalue weighted by molar-refractivity contribution is 9.10. The lowest BCUT2D eigenvalue weighted by Crippen LogP contribution is -2.12. The van der Waals surface area contributed by atoms with Gasteiger partial charge < -0.3 is 10.4 Å². The number of aromatic carboxylic acids is 1. The SMILES string of the molecule is C=CC=C(C)C.O=C(/C=C/CF)Nc1ccc(Br)cc1C(=O)O. The number of hydrogen-bond donors (Lipinski definition) is 2. The zero-order valence-electron chi connectivity index (χ0n) is 13.0. The number of carboxylic acid groups (broad SMARTS) is 1. The summed E-state index contributed by atoms with van der Waals surface area (Å²) in [5, 5.41) is 11.3. The highest BCUT2D eigenvalue weighted by atomic mass is 79.9. The number of carbonyl (C=O) groups is 2. The maximum atomic E-state index is 11.8. The lowest BCUT2D eigenvalue weighted by Gasteiger charge is -2.06. The van der Waals surface area contributed by atoms with Crippen molar-refractivity contribution in [1.29, 1.82) is 0 Å². The monoisotopic (exact) mass is 383 g/mol. The second-order valence-corrected chi connectivity index (χ2v) is 5.44. The maximum absolute atomic E-state index is 11.8. The molecular weight excluding hydrogens is 365 g/mol. The molecule has 1 aromatic carbocycles. The van der Waals surface area contributed by atoms with Gasteiger partial charge in [-0.2, -0.15) is 0 Å². The van der Waals surface area contributed by atoms with Gasteiger partial charge in [-0.25, -0.2) is 9.18 Å². The number of alkyl halides is 1. The zero-order valence-corrected chi connectivity index (χ0v) is 14.6. The van der Waals surface area contributed by atoms with E-state index >= 15 is 0 Å². The minimum atomic E-state index is -1.16. The van der Waals surface area contributed by atoms with E-state index in [4.69, 9.17) is 5.11 Å². The second-order valence-electron chi connectivity index (χ2n) is 4.52. The van der Waals surface area contributed by atoms with E-state index in [1.54, 1.807) is 12.1 Å². The Morgan fingerprint density at radius 1 is 1.39 bits per heavy atom. The molecule has 0 heterocycles. The average Bonchev–Trinajstić information content (AvgIpc) is 2.47. The molecule has 0 spiro atoms. The van der Waals surface area contributed by atoms with Gasteiger partial charge in [0.1, 0.15) is 6.67 Å². The van der Waals surface area contributed by atoms with Gasteiger partial charge in [0.2, 0.25) is 5.91 Å². The fraction of sp³-hybridized carbons (Fsp3) is 0.176. The summed E-state index contributed by atoms with van der Waals surface area (Å²) >= 11 is 3.13. The van der Waals surface area contributed by atoms with Gasteiger partial charge in [0.25, 0.3) is 0 Å². The molecule has 6 heteroatoms. The molecule has 0 fully saturated rings. The van der Waals surface area contributed by atoms with Crippen LogP contribution in [0, 0.1) is 0 Å². The summed E-state index contributed by atoms with van der Waals surface area (Å²) in [6, 6.07) is 4.42. The van der Waals surface area contributed by atoms with Crippen LogP contribution in [0.5, 0.6) is 0 Å².